The quantitative estimate of drug-likeness (QED) is 0.518. The predicted molar refractivity (Wildman–Crippen MR) is 109 cm³/mol. The largest absolute Gasteiger partial charge is 0.0945 e. The minimum Gasteiger partial charge on any atom is -0.0945 e. The normalized spacial score (nSPS) is 29.7. The van der Waals surface area contributed by atoms with E-state index in [1.807, 2.05) is 0 Å². The molecule has 0 aromatic heterocycles. The second-order valence-electron chi connectivity index (χ2n) is 8.70. The van der Waals surface area contributed by atoms with Crippen molar-refractivity contribution in [2.75, 3.05) is 0 Å². The Hall–Kier alpha value is -1.22. The molecule has 1 aromatic carbocycles. The molecule has 0 radical (unpaired) electrons. The van der Waals surface area contributed by atoms with Crippen LogP contribution < -0.4 is 0 Å². The third-order valence-electron chi connectivity index (χ3n) is 6.69. The highest BCUT2D eigenvalue weighted by Gasteiger charge is 2.29. The monoisotopic (exact) mass is 336 g/mol. The molecule has 3 rings (SSSR count). The van der Waals surface area contributed by atoms with Gasteiger partial charge in [-0.05, 0) is 86.8 Å². The minimum atomic E-state index is 0.638. The van der Waals surface area contributed by atoms with Crippen LogP contribution in [0.25, 0.3) is 0 Å². The summed E-state index contributed by atoms with van der Waals surface area (Å²) in [7, 11) is 0. The van der Waals surface area contributed by atoms with E-state index in [2.05, 4.69) is 50.0 Å². The van der Waals surface area contributed by atoms with E-state index >= 15 is 0 Å². The Kier molecular flexibility index (Phi) is 7.03. The SMILES string of the molecule is CCCCc1ccc(C#C[C@H]2CC[C@H]([C@H]3CC[C@H](C)CC3)CC2)cc1. The number of rotatable bonds is 4. The van der Waals surface area contributed by atoms with Crippen molar-refractivity contribution >= 4 is 0 Å². The van der Waals surface area contributed by atoms with Crippen LogP contribution in [0.5, 0.6) is 0 Å². The molecule has 0 spiro atoms. The van der Waals surface area contributed by atoms with Crippen molar-refractivity contribution in [2.24, 2.45) is 23.7 Å². The fourth-order valence-electron chi connectivity index (χ4n) is 4.81. The lowest BCUT2D eigenvalue weighted by molar-refractivity contribution is 0.162. The molecule has 2 aliphatic carbocycles. The summed E-state index contributed by atoms with van der Waals surface area (Å²) in [5, 5.41) is 0. The number of aryl methyl sites for hydroxylation is 1. The van der Waals surface area contributed by atoms with Crippen LogP contribution in [0.3, 0.4) is 0 Å². The van der Waals surface area contributed by atoms with Crippen molar-refractivity contribution in [3.63, 3.8) is 0 Å². The Morgan fingerprint density at radius 2 is 1.44 bits per heavy atom. The molecule has 0 bridgehead atoms. The zero-order valence-electron chi connectivity index (χ0n) is 16.4. The zero-order chi connectivity index (χ0) is 17.5. The summed E-state index contributed by atoms with van der Waals surface area (Å²) in [5.41, 5.74) is 2.65. The van der Waals surface area contributed by atoms with E-state index in [9.17, 15) is 0 Å². The van der Waals surface area contributed by atoms with Gasteiger partial charge in [0.05, 0.1) is 0 Å². The van der Waals surface area contributed by atoms with Crippen LogP contribution >= 0.6 is 0 Å². The lowest BCUT2D eigenvalue weighted by Crippen LogP contribution is -2.24. The molecule has 2 aliphatic rings. The summed E-state index contributed by atoms with van der Waals surface area (Å²) >= 11 is 0. The van der Waals surface area contributed by atoms with Gasteiger partial charge in [-0.2, -0.15) is 0 Å². The van der Waals surface area contributed by atoms with Crippen LogP contribution in [-0.4, -0.2) is 0 Å². The van der Waals surface area contributed by atoms with Gasteiger partial charge in [0, 0.05) is 11.5 Å². The van der Waals surface area contributed by atoms with Crippen molar-refractivity contribution in [1.82, 2.24) is 0 Å². The smallest absolute Gasteiger partial charge is 0.0245 e. The first kappa shape index (κ1) is 18.6. The van der Waals surface area contributed by atoms with Crippen molar-refractivity contribution in [1.29, 1.82) is 0 Å². The lowest BCUT2D eigenvalue weighted by Gasteiger charge is -2.36. The van der Waals surface area contributed by atoms with Gasteiger partial charge < -0.3 is 0 Å². The molecule has 1 aromatic rings. The van der Waals surface area contributed by atoms with Crippen LogP contribution in [0.4, 0.5) is 0 Å². The summed E-state index contributed by atoms with van der Waals surface area (Å²) in [6.45, 7) is 4.68. The van der Waals surface area contributed by atoms with Gasteiger partial charge in [-0.1, -0.05) is 57.1 Å². The minimum absolute atomic E-state index is 0.638. The van der Waals surface area contributed by atoms with Gasteiger partial charge >= 0.3 is 0 Å². The predicted octanol–water partition coefficient (Wildman–Crippen LogP) is 7.01. The molecule has 2 saturated carbocycles. The second-order valence-corrected chi connectivity index (χ2v) is 8.70. The second kappa shape index (κ2) is 9.47. The Labute approximate surface area is 155 Å². The first-order chi connectivity index (χ1) is 12.2. The maximum absolute atomic E-state index is 3.58. The fourth-order valence-corrected chi connectivity index (χ4v) is 4.81. The van der Waals surface area contributed by atoms with E-state index in [-0.39, 0.29) is 0 Å². The summed E-state index contributed by atoms with van der Waals surface area (Å²) in [6.07, 6.45) is 15.2. The van der Waals surface area contributed by atoms with E-state index < -0.39 is 0 Å². The average Bonchev–Trinajstić information content (AvgIpc) is 2.67. The zero-order valence-corrected chi connectivity index (χ0v) is 16.4. The van der Waals surface area contributed by atoms with Gasteiger partial charge in [0.25, 0.3) is 0 Å². The number of hydrogen-bond donors (Lipinski definition) is 0. The number of unbranched alkanes of at least 4 members (excludes halogenated alkanes) is 1. The maximum atomic E-state index is 3.58. The van der Waals surface area contributed by atoms with Crippen LogP contribution in [-0.2, 0) is 6.42 Å². The molecule has 0 heteroatoms. The fraction of sp³-hybridized carbons (Fsp3) is 0.680. The molecule has 0 unspecified atom stereocenters. The first-order valence-electron chi connectivity index (χ1n) is 10.8. The molecule has 0 nitrogen and oxygen atoms in total. The lowest BCUT2D eigenvalue weighted by atomic mass is 9.69. The van der Waals surface area contributed by atoms with E-state index in [0.29, 0.717) is 5.92 Å². The van der Waals surface area contributed by atoms with Crippen LogP contribution in [0.2, 0.25) is 0 Å². The van der Waals surface area contributed by atoms with Crippen LogP contribution in [0.15, 0.2) is 24.3 Å². The van der Waals surface area contributed by atoms with Crippen molar-refractivity contribution in [3.8, 4) is 11.8 Å². The molecule has 25 heavy (non-hydrogen) atoms. The van der Waals surface area contributed by atoms with E-state index in [4.69, 9.17) is 0 Å². The highest BCUT2D eigenvalue weighted by atomic mass is 14.3. The molecule has 0 atom stereocenters. The summed E-state index contributed by atoms with van der Waals surface area (Å²) < 4.78 is 0. The number of benzene rings is 1. The van der Waals surface area contributed by atoms with Gasteiger partial charge in [-0.3, -0.25) is 0 Å². The first-order valence-corrected chi connectivity index (χ1v) is 10.8. The standard InChI is InChI=1S/C25H36/c1-3-4-5-21-8-10-22(11-9-21)12-13-23-14-18-25(19-15-23)24-16-6-20(2)7-17-24/h8-11,20,23-25H,3-7,14-19H2,1-2H3/t20-,23-,24-,25-. The van der Waals surface area contributed by atoms with Crippen molar-refractivity contribution < 1.29 is 0 Å². The van der Waals surface area contributed by atoms with Crippen LogP contribution in [0, 0.1) is 35.5 Å². The molecule has 0 saturated heterocycles. The van der Waals surface area contributed by atoms with Gasteiger partial charge in [0.1, 0.15) is 0 Å². The number of hydrogen-bond acceptors (Lipinski definition) is 0. The Bertz CT molecular complexity index is 554. The molecule has 0 heterocycles. The van der Waals surface area contributed by atoms with Crippen molar-refractivity contribution in [3.05, 3.63) is 35.4 Å². The average molecular weight is 337 g/mol. The van der Waals surface area contributed by atoms with Gasteiger partial charge in [-0.15, -0.1) is 0 Å². The van der Waals surface area contributed by atoms with E-state index in [1.54, 1.807) is 0 Å². The van der Waals surface area contributed by atoms with E-state index in [1.165, 1.54) is 81.8 Å². The molecule has 0 N–H and O–H groups in total. The Morgan fingerprint density at radius 1 is 0.840 bits per heavy atom. The van der Waals surface area contributed by atoms with Gasteiger partial charge in [0.15, 0.2) is 0 Å². The summed E-state index contributed by atoms with van der Waals surface area (Å²) in [6, 6.07) is 8.96. The summed E-state index contributed by atoms with van der Waals surface area (Å²) in [4.78, 5) is 0. The van der Waals surface area contributed by atoms with Crippen molar-refractivity contribution in [2.45, 2.75) is 84.5 Å². The molecule has 0 amide bonds. The molecular formula is C25H36. The Morgan fingerprint density at radius 3 is 2.04 bits per heavy atom. The van der Waals surface area contributed by atoms with Gasteiger partial charge in [-0.25, -0.2) is 0 Å². The third kappa shape index (κ3) is 5.64. The van der Waals surface area contributed by atoms with E-state index in [0.717, 1.165) is 17.8 Å². The molecule has 2 fully saturated rings. The molecular weight excluding hydrogens is 300 g/mol. The van der Waals surface area contributed by atoms with Crippen LogP contribution in [0.1, 0.15) is 89.2 Å². The Balaban J connectivity index is 1.45. The molecule has 136 valence electrons. The highest BCUT2D eigenvalue weighted by molar-refractivity contribution is 5.36. The highest BCUT2D eigenvalue weighted by Crippen LogP contribution is 2.41. The third-order valence-corrected chi connectivity index (χ3v) is 6.69. The summed E-state index contributed by atoms with van der Waals surface area (Å²) in [5.74, 6) is 10.7. The van der Waals surface area contributed by atoms with Gasteiger partial charge in [0.2, 0.25) is 0 Å². The maximum Gasteiger partial charge on any atom is 0.0245 e. The molecule has 0 aliphatic heterocycles. The topological polar surface area (TPSA) is 0 Å².